The molecule has 0 saturated heterocycles. The van der Waals surface area contributed by atoms with Crippen molar-refractivity contribution in [2.75, 3.05) is 33.4 Å². The van der Waals surface area contributed by atoms with Crippen LogP contribution in [0.15, 0.2) is 24.3 Å². The summed E-state index contributed by atoms with van der Waals surface area (Å²) in [6.45, 7) is 0.892. The lowest BCUT2D eigenvalue weighted by molar-refractivity contribution is -0.867. The Morgan fingerprint density at radius 1 is 1.26 bits per heavy atom. The number of benzene rings is 1. The van der Waals surface area contributed by atoms with Gasteiger partial charge in [0.1, 0.15) is 0 Å². The van der Waals surface area contributed by atoms with E-state index in [0.717, 1.165) is 16.8 Å². The van der Waals surface area contributed by atoms with Crippen LogP contribution >= 0.6 is 11.8 Å². The van der Waals surface area contributed by atoms with Crippen molar-refractivity contribution in [3.8, 4) is 0 Å². The SMILES string of the molecule is C[N+](C)(C)CCSC(=O)c1ccc([N+](=O)[O-])cc1.[I-]. The summed E-state index contributed by atoms with van der Waals surface area (Å²) in [5.41, 5.74) is 0.509. The van der Waals surface area contributed by atoms with E-state index in [0.29, 0.717) is 5.56 Å². The molecule has 19 heavy (non-hydrogen) atoms. The van der Waals surface area contributed by atoms with E-state index in [-0.39, 0.29) is 34.8 Å². The lowest BCUT2D eigenvalue weighted by Gasteiger charge is -2.23. The van der Waals surface area contributed by atoms with Crippen molar-refractivity contribution < 1.29 is 38.2 Å². The zero-order chi connectivity index (χ0) is 13.8. The maximum Gasteiger partial charge on any atom is 0.269 e. The Bertz CT molecular complexity index is 443. The minimum atomic E-state index is -0.474. The lowest BCUT2D eigenvalue weighted by Crippen LogP contribution is -3.00. The first-order chi connectivity index (χ1) is 8.29. The predicted octanol–water partition coefficient (Wildman–Crippen LogP) is -0.822. The van der Waals surface area contributed by atoms with Crippen LogP contribution in [0.5, 0.6) is 0 Å². The van der Waals surface area contributed by atoms with Crippen molar-refractivity contribution in [2.45, 2.75) is 0 Å². The zero-order valence-electron chi connectivity index (χ0n) is 11.1. The molecule has 1 aromatic carbocycles. The fourth-order valence-electron chi connectivity index (χ4n) is 1.21. The van der Waals surface area contributed by atoms with Crippen LogP contribution in [0.2, 0.25) is 0 Å². The van der Waals surface area contributed by atoms with Gasteiger partial charge in [0.25, 0.3) is 5.69 Å². The first-order valence-corrected chi connectivity index (χ1v) is 6.50. The number of nitro benzene ring substituents is 1. The molecule has 0 aliphatic rings. The third-order valence-electron chi connectivity index (χ3n) is 2.31. The predicted molar refractivity (Wildman–Crippen MR) is 72.8 cm³/mol. The van der Waals surface area contributed by atoms with Crippen LogP contribution in [0.3, 0.4) is 0 Å². The first kappa shape index (κ1) is 18.3. The summed E-state index contributed by atoms with van der Waals surface area (Å²) in [6.07, 6.45) is 0. The molecule has 0 spiro atoms. The maximum atomic E-state index is 11.8. The number of halogens is 1. The summed E-state index contributed by atoms with van der Waals surface area (Å²) in [5.74, 6) is 0.735. The monoisotopic (exact) mass is 396 g/mol. The van der Waals surface area contributed by atoms with Crippen LogP contribution in [0, 0.1) is 10.1 Å². The number of quaternary nitrogens is 1. The molecule has 1 aromatic rings. The van der Waals surface area contributed by atoms with E-state index in [1.54, 1.807) is 0 Å². The van der Waals surface area contributed by atoms with E-state index in [1.807, 2.05) is 0 Å². The number of thioether (sulfide) groups is 1. The highest BCUT2D eigenvalue weighted by Gasteiger charge is 2.12. The Morgan fingerprint density at radius 2 is 1.79 bits per heavy atom. The Balaban J connectivity index is 0.00000324. The molecule has 7 heteroatoms. The second-order valence-electron chi connectivity index (χ2n) is 4.95. The quantitative estimate of drug-likeness (QED) is 0.283. The topological polar surface area (TPSA) is 60.2 Å². The second kappa shape index (κ2) is 7.81. The third kappa shape index (κ3) is 6.88. The fourth-order valence-corrected chi connectivity index (χ4v) is 2.34. The van der Waals surface area contributed by atoms with Gasteiger partial charge in [0.15, 0.2) is 0 Å². The lowest BCUT2D eigenvalue weighted by atomic mass is 10.2. The molecule has 0 amide bonds. The zero-order valence-corrected chi connectivity index (χ0v) is 14.1. The third-order valence-corrected chi connectivity index (χ3v) is 3.19. The Morgan fingerprint density at radius 3 is 2.21 bits per heavy atom. The van der Waals surface area contributed by atoms with Gasteiger partial charge in [0, 0.05) is 17.7 Å². The smallest absolute Gasteiger partial charge is 0.269 e. The number of hydrogen-bond donors (Lipinski definition) is 0. The maximum absolute atomic E-state index is 11.8. The van der Waals surface area contributed by atoms with Gasteiger partial charge < -0.3 is 28.5 Å². The summed E-state index contributed by atoms with van der Waals surface area (Å²) in [7, 11) is 6.20. The summed E-state index contributed by atoms with van der Waals surface area (Å²) >= 11 is 1.25. The normalized spacial score (nSPS) is 10.7. The van der Waals surface area contributed by atoms with Crippen molar-refractivity contribution in [1.29, 1.82) is 0 Å². The van der Waals surface area contributed by atoms with Crippen molar-refractivity contribution >= 4 is 22.6 Å². The molecule has 0 fully saturated rings. The van der Waals surface area contributed by atoms with Gasteiger partial charge in [-0.15, -0.1) is 0 Å². The molecule has 1 rings (SSSR count). The Kier molecular flexibility index (Phi) is 7.53. The van der Waals surface area contributed by atoms with Gasteiger partial charge in [-0.25, -0.2) is 0 Å². The van der Waals surface area contributed by atoms with E-state index < -0.39 is 4.92 Å². The largest absolute Gasteiger partial charge is 1.00 e. The van der Waals surface area contributed by atoms with E-state index in [1.165, 1.54) is 36.0 Å². The summed E-state index contributed by atoms with van der Waals surface area (Å²) in [5, 5.41) is 10.4. The molecule has 0 unspecified atom stereocenters. The standard InChI is InChI=1S/C12H17N2O3S.HI/c1-14(2,3)8-9-18-12(15)10-4-6-11(7-5-10)13(16)17;/h4-7H,8-9H2,1-3H3;1H/q+1;/p-1. The number of carbonyl (C=O) groups is 1. The molecule has 106 valence electrons. The first-order valence-electron chi connectivity index (χ1n) is 5.51. The number of nitrogens with zero attached hydrogens (tertiary/aromatic N) is 2. The van der Waals surface area contributed by atoms with Gasteiger partial charge >= 0.3 is 0 Å². The number of rotatable bonds is 5. The van der Waals surface area contributed by atoms with E-state index in [9.17, 15) is 14.9 Å². The molecule has 0 heterocycles. The van der Waals surface area contributed by atoms with Crippen molar-refractivity contribution in [2.24, 2.45) is 0 Å². The van der Waals surface area contributed by atoms with Crippen molar-refractivity contribution in [3.63, 3.8) is 0 Å². The van der Waals surface area contributed by atoms with Crippen LogP contribution < -0.4 is 24.0 Å². The van der Waals surface area contributed by atoms with E-state index in [2.05, 4.69) is 21.1 Å². The summed E-state index contributed by atoms with van der Waals surface area (Å²) < 4.78 is 0.806. The highest BCUT2D eigenvalue weighted by Crippen LogP contribution is 2.17. The summed E-state index contributed by atoms with van der Waals surface area (Å²) in [6, 6.07) is 5.71. The molecule has 5 nitrogen and oxygen atoms in total. The van der Waals surface area contributed by atoms with Crippen LogP contribution in [0.4, 0.5) is 5.69 Å². The van der Waals surface area contributed by atoms with Gasteiger partial charge in [0.05, 0.1) is 38.4 Å². The van der Waals surface area contributed by atoms with Crippen molar-refractivity contribution in [3.05, 3.63) is 39.9 Å². The van der Waals surface area contributed by atoms with Crippen LogP contribution in [0.1, 0.15) is 10.4 Å². The molecule has 0 atom stereocenters. The molecular formula is C12H17IN2O3S. The van der Waals surface area contributed by atoms with Gasteiger partial charge in [-0.1, -0.05) is 11.8 Å². The second-order valence-corrected chi connectivity index (χ2v) is 6.02. The Hall–Kier alpha value is -0.670. The minimum Gasteiger partial charge on any atom is -1.00 e. The molecule has 0 N–H and O–H groups in total. The number of hydrogen-bond acceptors (Lipinski definition) is 4. The number of non-ortho nitro benzene ring substituents is 1. The molecule has 0 aliphatic carbocycles. The van der Waals surface area contributed by atoms with Crippen LogP contribution in [0.25, 0.3) is 0 Å². The van der Waals surface area contributed by atoms with E-state index >= 15 is 0 Å². The molecule has 0 aliphatic heterocycles. The molecule has 0 radical (unpaired) electrons. The number of carbonyl (C=O) groups excluding carboxylic acids is 1. The molecule has 0 aromatic heterocycles. The van der Waals surface area contributed by atoms with Gasteiger partial charge in [-0.05, 0) is 12.1 Å². The Labute approximate surface area is 134 Å². The molecular weight excluding hydrogens is 379 g/mol. The highest BCUT2D eigenvalue weighted by atomic mass is 127. The minimum absolute atomic E-state index is 0. The summed E-state index contributed by atoms with van der Waals surface area (Å²) in [4.78, 5) is 21.8. The number of nitro groups is 1. The average molecular weight is 396 g/mol. The highest BCUT2D eigenvalue weighted by molar-refractivity contribution is 8.14. The van der Waals surface area contributed by atoms with Gasteiger partial charge in [-0.3, -0.25) is 14.9 Å². The van der Waals surface area contributed by atoms with E-state index in [4.69, 9.17) is 0 Å². The molecule has 0 saturated carbocycles. The van der Waals surface area contributed by atoms with Gasteiger partial charge in [-0.2, -0.15) is 0 Å². The van der Waals surface area contributed by atoms with Gasteiger partial charge in [0.2, 0.25) is 5.12 Å². The van der Waals surface area contributed by atoms with Crippen LogP contribution in [-0.4, -0.2) is 48.0 Å². The molecule has 0 bridgehead atoms. The van der Waals surface area contributed by atoms with Crippen molar-refractivity contribution in [1.82, 2.24) is 0 Å². The fraction of sp³-hybridized carbons (Fsp3) is 0.417. The average Bonchev–Trinajstić information content (AvgIpc) is 2.27. The van der Waals surface area contributed by atoms with Crippen LogP contribution in [-0.2, 0) is 0 Å².